The van der Waals surface area contributed by atoms with Crippen molar-refractivity contribution in [2.24, 2.45) is 0 Å². The zero-order valence-electron chi connectivity index (χ0n) is 32.2. The number of nitrogens with zero attached hydrogens (tertiary/aromatic N) is 1. The zero-order chi connectivity index (χ0) is 36.5. The Morgan fingerprint density at radius 1 is 0.612 bits per heavy atom. The zero-order valence-corrected chi connectivity index (χ0v) is 33.1. The van der Waals surface area contributed by atoms with Crippen molar-refractivity contribution in [2.75, 3.05) is 47.5 Å². The van der Waals surface area contributed by atoms with Gasteiger partial charge in [-0.25, -0.2) is 4.57 Å². The molecule has 0 spiro atoms. The van der Waals surface area contributed by atoms with Gasteiger partial charge in [-0.15, -0.1) is 0 Å². The van der Waals surface area contributed by atoms with Gasteiger partial charge in [-0.1, -0.05) is 115 Å². The van der Waals surface area contributed by atoms with E-state index in [1.807, 2.05) is 21.1 Å². The fraction of sp³-hybridized carbons (Fsp3) is 0.846. The van der Waals surface area contributed by atoms with Crippen LogP contribution in [0.15, 0.2) is 24.3 Å². The largest absolute Gasteiger partial charge is 0.472 e. The van der Waals surface area contributed by atoms with E-state index in [4.69, 9.17) is 18.5 Å². The Kier molecular flexibility index (Phi) is 31.4. The highest BCUT2D eigenvalue weighted by Crippen LogP contribution is 2.43. The third kappa shape index (κ3) is 36.1. The minimum absolute atomic E-state index is 0.0296. The van der Waals surface area contributed by atoms with Gasteiger partial charge in [-0.2, -0.15) is 0 Å². The van der Waals surface area contributed by atoms with E-state index in [9.17, 15) is 19.0 Å². The van der Waals surface area contributed by atoms with Gasteiger partial charge in [-0.3, -0.25) is 18.6 Å². The van der Waals surface area contributed by atoms with Crippen LogP contribution in [0.3, 0.4) is 0 Å². The number of phosphoric ester groups is 1. The maximum Gasteiger partial charge on any atom is 0.472 e. The summed E-state index contributed by atoms with van der Waals surface area (Å²) < 4.78 is 34.1. The number of carbonyl (C=O) groups is 2. The summed E-state index contributed by atoms with van der Waals surface area (Å²) in [6.07, 6.45) is 32.2. The summed E-state index contributed by atoms with van der Waals surface area (Å²) in [4.78, 5) is 35.1. The van der Waals surface area contributed by atoms with Crippen LogP contribution in [-0.2, 0) is 32.7 Å². The van der Waals surface area contributed by atoms with E-state index in [-0.39, 0.29) is 32.0 Å². The summed E-state index contributed by atoms with van der Waals surface area (Å²) in [6, 6.07) is 0. The van der Waals surface area contributed by atoms with Crippen LogP contribution < -0.4 is 0 Å². The molecule has 0 fully saturated rings. The van der Waals surface area contributed by atoms with Crippen LogP contribution in [0, 0.1) is 0 Å². The van der Waals surface area contributed by atoms with Crippen molar-refractivity contribution >= 4 is 19.8 Å². The maximum absolute atomic E-state index is 12.6. The number of unbranched alkanes of at least 4 members (excludes halogenated alkanes) is 17. The van der Waals surface area contributed by atoms with Crippen LogP contribution in [0.5, 0.6) is 0 Å². The van der Waals surface area contributed by atoms with Crippen molar-refractivity contribution in [3.8, 4) is 0 Å². The highest BCUT2D eigenvalue weighted by molar-refractivity contribution is 7.47. The van der Waals surface area contributed by atoms with E-state index >= 15 is 0 Å². The topological polar surface area (TPSA) is 108 Å². The van der Waals surface area contributed by atoms with Crippen molar-refractivity contribution in [3.63, 3.8) is 0 Å². The number of allylic oxidation sites excluding steroid dienone is 4. The minimum Gasteiger partial charge on any atom is -0.462 e. The molecule has 0 aromatic carbocycles. The second kappa shape index (κ2) is 32.4. The third-order valence-electron chi connectivity index (χ3n) is 8.20. The van der Waals surface area contributed by atoms with Crippen molar-refractivity contribution < 1.29 is 42.1 Å². The van der Waals surface area contributed by atoms with Gasteiger partial charge in [0.1, 0.15) is 19.8 Å². The number of esters is 2. The molecular weight excluding hydrogens is 641 g/mol. The van der Waals surface area contributed by atoms with Gasteiger partial charge < -0.3 is 18.9 Å². The van der Waals surface area contributed by atoms with Gasteiger partial charge in [0.15, 0.2) is 6.10 Å². The highest BCUT2D eigenvalue weighted by Gasteiger charge is 2.27. The first-order valence-electron chi connectivity index (χ1n) is 19.6. The molecule has 288 valence electrons. The van der Waals surface area contributed by atoms with E-state index in [0.29, 0.717) is 17.4 Å². The van der Waals surface area contributed by atoms with Crippen LogP contribution in [0.25, 0.3) is 0 Å². The fourth-order valence-corrected chi connectivity index (χ4v) is 5.79. The lowest BCUT2D eigenvalue weighted by Gasteiger charge is -2.24. The molecule has 0 radical (unpaired) electrons. The number of hydrogen-bond donors (Lipinski definition) is 1. The molecule has 0 aromatic heterocycles. The lowest BCUT2D eigenvalue weighted by Crippen LogP contribution is -2.37. The Balaban J connectivity index is 4.45. The standard InChI is InChI=1S/C39H74NO8P/c1-6-8-10-12-14-16-18-19-20-22-24-26-28-30-32-39(42)48-37(36-47-49(43,44)46-34-33-40(3,4)5)35-45-38(41)31-29-27-25-23-21-17-15-13-11-9-7-2/h13,15,18-19,37H,6-12,14,16-17,20-36H2,1-5H3/p+1/b15-13-,19-18-. The van der Waals surface area contributed by atoms with Crippen LogP contribution in [-0.4, -0.2) is 74.9 Å². The van der Waals surface area contributed by atoms with Crippen molar-refractivity contribution in [1.82, 2.24) is 0 Å². The molecule has 2 unspecified atom stereocenters. The summed E-state index contributed by atoms with van der Waals surface area (Å²) in [5.74, 6) is -0.821. The first-order valence-corrected chi connectivity index (χ1v) is 21.1. The molecule has 0 rings (SSSR count). The second-order valence-corrected chi connectivity index (χ2v) is 15.8. The monoisotopic (exact) mass is 717 g/mol. The fourth-order valence-electron chi connectivity index (χ4n) is 5.05. The van der Waals surface area contributed by atoms with Gasteiger partial charge in [0.25, 0.3) is 0 Å². The molecule has 0 aromatic rings. The quantitative estimate of drug-likeness (QED) is 0.0227. The number of carbonyl (C=O) groups excluding carboxylic acids is 2. The van der Waals surface area contributed by atoms with Gasteiger partial charge in [0.05, 0.1) is 27.7 Å². The molecule has 49 heavy (non-hydrogen) atoms. The summed E-state index contributed by atoms with van der Waals surface area (Å²) in [7, 11) is 1.47. The van der Waals surface area contributed by atoms with Crippen molar-refractivity contribution in [1.29, 1.82) is 0 Å². The summed E-state index contributed by atoms with van der Waals surface area (Å²) in [5.41, 5.74) is 0. The van der Waals surface area contributed by atoms with E-state index < -0.39 is 26.5 Å². The maximum atomic E-state index is 12.6. The average molecular weight is 717 g/mol. The summed E-state index contributed by atoms with van der Waals surface area (Å²) in [5, 5.41) is 0. The molecule has 9 nitrogen and oxygen atoms in total. The van der Waals surface area contributed by atoms with E-state index in [1.54, 1.807) is 0 Å². The van der Waals surface area contributed by atoms with E-state index in [2.05, 4.69) is 38.2 Å². The molecule has 1 N–H and O–H groups in total. The van der Waals surface area contributed by atoms with Gasteiger partial charge >= 0.3 is 19.8 Å². The number of quaternary nitrogens is 1. The lowest BCUT2D eigenvalue weighted by molar-refractivity contribution is -0.870. The highest BCUT2D eigenvalue weighted by atomic mass is 31.2. The van der Waals surface area contributed by atoms with E-state index in [0.717, 1.165) is 77.0 Å². The lowest BCUT2D eigenvalue weighted by atomic mass is 10.1. The molecule has 0 saturated carbocycles. The number of rotatable bonds is 35. The molecule has 0 aliphatic rings. The molecule has 0 aliphatic heterocycles. The molecule has 0 amide bonds. The minimum atomic E-state index is -4.37. The first-order chi connectivity index (χ1) is 23.5. The molecule has 0 bridgehead atoms. The average Bonchev–Trinajstić information content (AvgIpc) is 3.04. The molecule has 10 heteroatoms. The predicted octanol–water partition coefficient (Wildman–Crippen LogP) is 10.4. The van der Waals surface area contributed by atoms with Crippen LogP contribution in [0.2, 0.25) is 0 Å². The Morgan fingerprint density at radius 3 is 1.57 bits per heavy atom. The summed E-state index contributed by atoms with van der Waals surface area (Å²) in [6.45, 7) is 4.34. The molecule has 0 heterocycles. The van der Waals surface area contributed by atoms with Crippen molar-refractivity contribution in [2.45, 2.75) is 168 Å². The summed E-state index contributed by atoms with van der Waals surface area (Å²) >= 11 is 0. The predicted molar refractivity (Wildman–Crippen MR) is 201 cm³/mol. The van der Waals surface area contributed by atoms with Gasteiger partial charge in [0.2, 0.25) is 0 Å². The van der Waals surface area contributed by atoms with E-state index in [1.165, 1.54) is 51.4 Å². The number of ether oxygens (including phenoxy) is 2. The van der Waals surface area contributed by atoms with Gasteiger partial charge in [0, 0.05) is 12.8 Å². The molecule has 0 saturated heterocycles. The molecule has 0 aliphatic carbocycles. The first kappa shape index (κ1) is 47.5. The SMILES string of the molecule is CCCC/C=C\CCCCCCCC(=O)OCC(COP(=O)(O)OCC[N+](C)(C)C)OC(=O)CCCCCCC/C=C\CCCCCCC. The smallest absolute Gasteiger partial charge is 0.462 e. The van der Waals surface area contributed by atoms with Crippen LogP contribution in [0.1, 0.15) is 162 Å². The Hall–Kier alpha value is -1.51. The number of likely N-dealkylation sites (N-methyl/N-ethyl adjacent to an activating group) is 1. The Labute approximate surface area is 300 Å². The number of phosphoric acid groups is 1. The van der Waals surface area contributed by atoms with Crippen molar-refractivity contribution in [3.05, 3.63) is 24.3 Å². The molecule has 2 atom stereocenters. The molecular formula is C39H75NO8P+. The Bertz CT molecular complexity index is 902. The van der Waals surface area contributed by atoms with Crippen LogP contribution in [0.4, 0.5) is 0 Å². The third-order valence-corrected chi connectivity index (χ3v) is 9.19. The number of hydrogen-bond acceptors (Lipinski definition) is 7. The van der Waals surface area contributed by atoms with Gasteiger partial charge in [-0.05, 0) is 57.8 Å². The Morgan fingerprint density at radius 2 is 1.06 bits per heavy atom. The van der Waals surface area contributed by atoms with Crippen LogP contribution >= 0.6 is 7.82 Å². The normalized spacial score (nSPS) is 14.0. The second-order valence-electron chi connectivity index (χ2n) is 14.3.